The van der Waals surface area contributed by atoms with Crippen molar-refractivity contribution in [3.63, 3.8) is 0 Å². The normalized spacial score (nSPS) is 21.5. The smallest absolute Gasteiger partial charge is 0.161 e. The fourth-order valence-corrected chi connectivity index (χ4v) is 4.67. The van der Waals surface area contributed by atoms with Crippen molar-refractivity contribution in [2.75, 3.05) is 13.2 Å². The van der Waals surface area contributed by atoms with Gasteiger partial charge in [-0.2, -0.15) is 0 Å². The molecule has 2 heterocycles. The van der Waals surface area contributed by atoms with Crippen LogP contribution in [-0.2, 0) is 25.7 Å². The van der Waals surface area contributed by atoms with Gasteiger partial charge in [0.15, 0.2) is 9.84 Å². The van der Waals surface area contributed by atoms with Gasteiger partial charge in [-0.15, -0.1) is 11.3 Å². The Morgan fingerprint density at radius 3 is 2.74 bits per heavy atom. The molecule has 0 spiro atoms. The van der Waals surface area contributed by atoms with Crippen LogP contribution in [0.4, 0.5) is 0 Å². The van der Waals surface area contributed by atoms with E-state index in [1.54, 1.807) is 0 Å². The summed E-state index contributed by atoms with van der Waals surface area (Å²) in [5.74, 6) is 0.0353. The minimum atomic E-state index is -3.15. The maximum atomic E-state index is 12.3. The predicted octanol–water partition coefficient (Wildman–Crippen LogP) is 2.53. The zero-order chi connectivity index (χ0) is 14.1. The molecule has 0 radical (unpaired) electrons. The molecule has 4 nitrogen and oxygen atoms in total. The minimum Gasteiger partial charge on any atom is -0.380 e. The topological polar surface area (TPSA) is 56.3 Å². The molecule has 2 rings (SSSR count). The number of nitrogens with zero attached hydrogens (tertiary/aromatic N) is 1. The Labute approximate surface area is 119 Å². The molecule has 19 heavy (non-hydrogen) atoms. The monoisotopic (exact) mass is 303 g/mol. The first-order valence-electron chi connectivity index (χ1n) is 6.53. The van der Waals surface area contributed by atoms with Gasteiger partial charge in [-0.05, 0) is 12.8 Å². The van der Waals surface area contributed by atoms with E-state index in [0.29, 0.717) is 25.3 Å². The van der Waals surface area contributed by atoms with Crippen LogP contribution in [0.15, 0.2) is 5.38 Å². The van der Waals surface area contributed by atoms with Gasteiger partial charge in [0.1, 0.15) is 0 Å². The van der Waals surface area contributed by atoms with Crippen LogP contribution in [0.1, 0.15) is 44.3 Å². The molecule has 0 aliphatic carbocycles. The Kier molecular flexibility index (Phi) is 4.32. The van der Waals surface area contributed by atoms with Gasteiger partial charge in [0.2, 0.25) is 0 Å². The molecule has 1 aromatic rings. The van der Waals surface area contributed by atoms with Crippen molar-refractivity contribution in [1.82, 2.24) is 4.98 Å². The number of hydrogen-bond donors (Lipinski definition) is 0. The largest absolute Gasteiger partial charge is 0.380 e. The van der Waals surface area contributed by atoms with Crippen molar-refractivity contribution in [2.45, 2.75) is 50.0 Å². The number of hydrogen-bond acceptors (Lipinski definition) is 5. The third-order valence-electron chi connectivity index (χ3n) is 3.17. The lowest BCUT2D eigenvalue weighted by atomic mass is 9.98. The molecule has 0 amide bonds. The molecule has 1 aliphatic rings. The van der Waals surface area contributed by atoms with E-state index in [1.165, 1.54) is 11.3 Å². The maximum Gasteiger partial charge on any atom is 0.161 e. The molecular formula is C13H21NO3S2. The number of ether oxygens (including phenoxy) is 1. The van der Waals surface area contributed by atoms with Crippen molar-refractivity contribution in [1.29, 1.82) is 0 Å². The average Bonchev–Trinajstić information content (AvgIpc) is 2.78. The first kappa shape index (κ1) is 14.9. The highest BCUT2D eigenvalue weighted by Crippen LogP contribution is 2.27. The summed E-state index contributed by atoms with van der Waals surface area (Å²) in [6.45, 7) is 7.26. The molecule has 0 aromatic carbocycles. The van der Waals surface area contributed by atoms with Crippen molar-refractivity contribution in [3.05, 3.63) is 16.1 Å². The van der Waals surface area contributed by atoms with Crippen LogP contribution in [0, 0.1) is 0 Å². The van der Waals surface area contributed by atoms with Crippen LogP contribution < -0.4 is 0 Å². The molecule has 0 unspecified atom stereocenters. The number of rotatable bonds is 3. The van der Waals surface area contributed by atoms with E-state index in [0.717, 1.165) is 11.4 Å². The summed E-state index contributed by atoms with van der Waals surface area (Å²) in [4.78, 5) is 4.46. The highest BCUT2D eigenvalue weighted by Gasteiger charge is 2.29. The Balaban J connectivity index is 2.09. The SMILES string of the molecule is CC(C)(C)c1nc(CS(=O)(=O)[C@H]2CCCOC2)cs1. The molecule has 108 valence electrons. The number of aromatic nitrogens is 1. The van der Waals surface area contributed by atoms with E-state index >= 15 is 0 Å². The summed E-state index contributed by atoms with van der Waals surface area (Å²) >= 11 is 1.54. The summed E-state index contributed by atoms with van der Waals surface area (Å²) in [5.41, 5.74) is 0.640. The van der Waals surface area contributed by atoms with Crippen LogP contribution in [0.2, 0.25) is 0 Å². The fraction of sp³-hybridized carbons (Fsp3) is 0.769. The van der Waals surface area contributed by atoms with E-state index < -0.39 is 9.84 Å². The van der Waals surface area contributed by atoms with Crippen molar-refractivity contribution in [2.24, 2.45) is 0 Å². The summed E-state index contributed by atoms with van der Waals surface area (Å²) < 4.78 is 29.9. The number of sulfone groups is 1. The molecule has 6 heteroatoms. The Morgan fingerprint density at radius 2 is 2.21 bits per heavy atom. The number of thiazole rings is 1. The molecule has 1 saturated heterocycles. The fourth-order valence-electron chi connectivity index (χ4n) is 2.04. The average molecular weight is 303 g/mol. The summed E-state index contributed by atoms with van der Waals surface area (Å²) in [7, 11) is -3.15. The quantitative estimate of drug-likeness (QED) is 0.861. The van der Waals surface area contributed by atoms with Gasteiger partial charge >= 0.3 is 0 Å². The third-order valence-corrected chi connectivity index (χ3v) is 6.57. The second kappa shape index (κ2) is 5.50. The Hall–Kier alpha value is -0.460. The first-order chi connectivity index (χ1) is 8.79. The highest BCUT2D eigenvalue weighted by atomic mass is 32.2. The molecule has 0 N–H and O–H groups in total. The van der Waals surface area contributed by atoms with Crippen molar-refractivity contribution in [3.8, 4) is 0 Å². The van der Waals surface area contributed by atoms with Gasteiger partial charge < -0.3 is 4.74 Å². The molecule has 1 fully saturated rings. The van der Waals surface area contributed by atoms with E-state index in [-0.39, 0.29) is 16.4 Å². The molecule has 0 saturated carbocycles. The van der Waals surface area contributed by atoms with Crippen LogP contribution in [0.5, 0.6) is 0 Å². The molecular weight excluding hydrogens is 282 g/mol. The van der Waals surface area contributed by atoms with Gasteiger partial charge in [-0.3, -0.25) is 0 Å². The maximum absolute atomic E-state index is 12.3. The first-order valence-corrected chi connectivity index (χ1v) is 9.13. The Morgan fingerprint density at radius 1 is 1.47 bits per heavy atom. The lowest BCUT2D eigenvalue weighted by Crippen LogP contribution is -2.31. The summed E-state index contributed by atoms with van der Waals surface area (Å²) in [6, 6.07) is 0. The lowest BCUT2D eigenvalue weighted by Gasteiger charge is -2.21. The third kappa shape index (κ3) is 3.77. The molecule has 0 bridgehead atoms. The van der Waals surface area contributed by atoms with Crippen LogP contribution in [0.25, 0.3) is 0 Å². The molecule has 1 aromatic heterocycles. The van der Waals surface area contributed by atoms with Crippen LogP contribution in [0.3, 0.4) is 0 Å². The van der Waals surface area contributed by atoms with Crippen molar-refractivity contribution >= 4 is 21.2 Å². The van der Waals surface area contributed by atoms with Gasteiger partial charge in [-0.25, -0.2) is 13.4 Å². The van der Waals surface area contributed by atoms with E-state index in [9.17, 15) is 8.42 Å². The van der Waals surface area contributed by atoms with Gasteiger partial charge in [0.05, 0.1) is 28.3 Å². The second-order valence-corrected chi connectivity index (χ2v) is 9.18. The highest BCUT2D eigenvalue weighted by molar-refractivity contribution is 7.91. The summed E-state index contributed by atoms with van der Waals surface area (Å²) in [5, 5.41) is 2.49. The van der Waals surface area contributed by atoms with E-state index in [2.05, 4.69) is 25.8 Å². The van der Waals surface area contributed by atoms with E-state index in [1.807, 2.05) is 5.38 Å². The van der Waals surface area contributed by atoms with Gasteiger partial charge in [0.25, 0.3) is 0 Å². The zero-order valence-electron chi connectivity index (χ0n) is 11.7. The summed E-state index contributed by atoms with van der Waals surface area (Å²) in [6.07, 6.45) is 1.53. The van der Waals surface area contributed by atoms with Gasteiger partial charge in [0, 0.05) is 17.4 Å². The second-order valence-electron chi connectivity index (χ2n) is 6.04. The molecule has 1 atom stereocenters. The minimum absolute atomic E-state index is 0.0272. The van der Waals surface area contributed by atoms with E-state index in [4.69, 9.17) is 4.74 Å². The molecule has 1 aliphatic heterocycles. The zero-order valence-corrected chi connectivity index (χ0v) is 13.3. The standard InChI is InChI=1S/C13H21NO3S2/c1-13(2,3)12-14-10(8-18-12)9-19(15,16)11-5-4-6-17-7-11/h8,11H,4-7,9H2,1-3H3/t11-/m0/s1. The van der Waals surface area contributed by atoms with Gasteiger partial charge in [-0.1, -0.05) is 20.8 Å². The van der Waals surface area contributed by atoms with Crippen LogP contribution >= 0.6 is 11.3 Å². The van der Waals surface area contributed by atoms with Crippen LogP contribution in [-0.4, -0.2) is 31.9 Å². The Bertz CT molecular complexity index is 522. The predicted molar refractivity (Wildman–Crippen MR) is 77.3 cm³/mol. The lowest BCUT2D eigenvalue weighted by molar-refractivity contribution is 0.0991. The van der Waals surface area contributed by atoms with Crippen molar-refractivity contribution < 1.29 is 13.2 Å².